The van der Waals surface area contributed by atoms with E-state index in [1.807, 2.05) is 36.4 Å². The van der Waals surface area contributed by atoms with Crippen molar-refractivity contribution in [2.24, 2.45) is 5.92 Å². The van der Waals surface area contributed by atoms with Gasteiger partial charge in [-0.3, -0.25) is 4.79 Å². The van der Waals surface area contributed by atoms with E-state index in [2.05, 4.69) is 42.5 Å². The summed E-state index contributed by atoms with van der Waals surface area (Å²) >= 11 is 0. The smallest absolute Gasteiger partial charge is 0.307 e. The van der Waals surface area contributed by atoms with Crippen molar-refractivity contribution < 1.29 is 14.7 Å². The van der Waals surface area contributed by atoms with Gasteiger partial charge in [-0.2, -0.15) is 0 Å². The SMILES string of the molecule is CC(=O)CC(Cc1ccc(-c2c3ccccc3cc3ccccc23)cc1)C(=O)O. The van der Waals surface area contributed by atoms with Crippen molar-refractivity contribution in [2.75, 3.05) is 0 Å². The zero-order valence-corrected chi connectivity index (χ0v) is 16.3. The number of carboxylic acid groups (broad SMARTS) is 1. The van der Waals surface area contributed by atoms with Crippen LogP contribution in [0.15, 0.2) is 78.9 Å². The minimum atomic E-state index is -0.927. The van der Waals surface area contributed by atoms with Crippen LogP contribution in [-0.4, -0.2) is 16.9 Å². The van der Waals surface area contributed by atoms with Crippen LogP contribution < -0.4 is 0 Å². The Balaban J connectivity index is 1.76. The van der Waals surface area contributed by atoms with Gasteiger partial charge in [-0.05, 0) is 57.6 Å². The summed E-state index contributed by atoms with van der Waals surface area (Å²) in [7, 11) is 0. The van der Waals surface area contributed by atoms with Crippen molar-refractivity contribution >= 4 is 33.3 Å². The summed E-state index contributed by atoms with van der Waals surface area (Å²) in [5.41, 5.74) is 3.20. The van der Waals surface area contributed by atoms with Crippen LogP contribution in [0, 0.1) is 5.92 Å². The summed E-state index contributed by atoms with van der Waals surface area (Å²) in [6.45, 7) is 1.44. The number of Topliss-reactive ketones (excluding diaryl/α,β-unsaturated/α-hetero) is 1. The molecule has 1 N–H and O–H groups in total. The van der Waals surface area contributed by atoms with Gasteiger partial charge in [0.15, 0.2) is 0 Å². The van der Waals surface area contributed by atoms with Crippen molar-refractivity contribution in [3.8, 4) is 11.1 Å². The topological polar surface area (TPSA) is 54.4 Å². The van der Waals surface area contributed by atoms with E-state index in [9.17, 15) is 14.7 Å². The Hall–Kier alpha value is -3.46. The van der Waals surface area contributed by atoms with Gasteiger partial charge in [0.05, 0.1) is 5.92 Å². The van der Waals surface area contributed by atoms with Crippen molar-refractivity contribution in [2.45, 2.75) is 19.8 Å². The minimum Gasteiger partial charge on any atom is -0.481 e. The van der Waals surface area contributed by atoms with Gasteiger partial charge in [0.1, 0.15) is 5.78 Å². The lowest BCUT2D eigenvalue weighted by Gasteiger charge is -2.14. The van der Waals surface area contributed by atoms with Gasteiger partial charge in [0.25, 0.3) is 0 Å². The molecule has 144 valence electrons. The first-order chi connectivity index (χ1) is 14.0. The van der Waals surface area contributed by atoms with Gasteiger partial charge in [0.2, 0.25) is 0 Å². The molecule has 0 fully saturated rings. The van der Waals surface area contributed by atoms with Gasteiger partial charge in [-0.1, -0.05) is 72.8 Å². The van der Waals surface area contributed by atoms with E-state index in [1.165, 1.54) is 34.0 Å². The molecule has 0 heterocycles. The first kappa shape index (κ1) is 18.9. The fourth-order valence-corrected chi connectivity index (χ4v) is 4.01. The molecule has 4 aromatic rings. The molecule has 1 atom stereocenters. The van der Waals surface area contributed by atoms with E-state index < -0.39 is 11.9 Å². The molecule has 3 heteroatoms. The first-order valence-electron chi connectivity index (χ1n) is 9.75. The van der Waals surface area contributed by atoms with Gasteiger partial charge in [-0.15, -0.1) is 0 Å². The quantitative estimate of drug-likeness (QED) is 0.424. The lowest BCUT2D eigenvalue weighted by molar-refractivity contribution is -0.143. The minimum absolute atomic E-state index is 0.0606. The predicted molar refractivity (Wildman–Crippen MR) is 117 cm³/mol. The van der Waals surface area contributed by atoms with E-state index >= 15 is 0 Å². The van der Waals surface area contributed by atoms with Crippen molar-refractivity contribution in [1.82, 2.24) is 0 Å². The van der Waals surface area contributed by atoms with Gasteiger partial charge >= 0.3 is 5.97 Å². The van der Waals surface area contributed by atoms with Crippen LogP contribution in [0.3, 0.4) is 0 Å². The fraction of sp³-hybridized carbons (Fsp3) is 0.154. The maximum absolute atomic E-state index is 11.5. The number of benzene rings is 4. The van der Waals surface area contributed by atoms with E-state index in [4.69, 9.17) is 0 Å². The maximum atomic E-state index is 11.5. The molecule has 4 rings (SSSR count). The Morgan fingerprint density at radius 1 is 0.828 bits per heavy atom. The van der Waals surface area contributed by atoms with Crippen LogP contribution in [0.5, 0.6) is 0 Å². The van der Waals surface area contributed by atoms with Crippen LogP contribution in [0.2, 0.25) is 0 Å². The Morgan fingerprint density at radius 2 is 1.38 bits per heavy atom. The average Bonchev–Trinajstić information content (AvgIpc) is 2.72. The van der Waals surface area contributed by atoms with Crippen LogP contribution >= 0.6 is 0 Å². The number of carbonyl (C=O) groups is 2. The zero-order valence-electron chi connectivity index (χ0n) is 16.3. The number of fused-ring (bicyclic) bond motifs is 2. The van der Waals surface area contributed by atoms with Gasteiger partial charge < -0.3 is 9.90 Å². The summed E-state index contributed by atoms with van der Waals surface area (Å²) in [5.74, 6) is -1.71. The van der Waals surface area contributed by atoms with Crippen LogP contribution in [0.25, 0.3) is 32.7 Å². The first-order valence-corrected chi connectivity index (χ1v) is 9.75. The van der Waals surface area contributed by atoms with E-state index in [0.29, 0.717) is 6.42 Å². The third-order valence-electron chi connectivity index (χ3n) is 5.38. The second-order valence-electron chi connectivity index (χ2n) is 7.54. The summed E-state index contributed by atoms with van der Waals surface area (Å²) in [6.07, 6.45) is 0.413. The second-order valence-corrected chi connectivity index (χ2v) is 7.54. The summed E-state index contributed by atoms with van der Waals surface area (Å²) < 4.78 is 0. The van der Waals surface area contributed by atoms with Gasteiger partial charge in [-0.25, -0.2) is 0 Å². The van der Waals surface area contributed by atoms with Crippen LogP contribution in [-0.2, 0) is 16.0 Å². The zero-order chi connectivity index (χ0) is 20.4. The van der Waals surface area contributed by atoms with Crippen molar-refractivity contribution in [3.05, 3.63) is 84.4 Å². The molecule has 1 unspecified atom stereocenters. The molecule has 3 nitrogen and oxygen atoms in total. The Labute approximate surface area is 169 Å². The molecule has 0 amide bonds. The van der Waals surface area contributed by atoms with Crippen LogP contribution in [0.4, 0.5) is 0 Å². The normalized spacial score (nSPS) is 12.2. The number of rotatable bonds is 6. The molecule has 0 aliphatic carbocycles. The molecule has 0 saturated carbocycles. The number of carbonyl (C=O) groups excluding carboxylic acids is 1. The Morgan fingerprint density at radius 3 is 1.90 bits per heavy atom. The molecular weight excluding hydrogens is 360 g/mol. The summed E-state index contributed by atoms with van der Waals surface area (Å²) in [6, 6.07) is 27.0. The molecule has 0 aliphatic rings. The molecule has 0 radical (unpaired) electrons. The summed E-state index contributed by atoms with van der Waals surface area (Å²) in [5, 5.41) is 14.2. The Bertz CT molecular complexity index is 1150. The standard InChI is InChI=1S/C26H22O3/c1-17(27)14-22(26(28)29)15-18-10-12-19(13-11-18)25-23-8-4-2-6-20(23)16-21-7-3-5-9-24(21)25/h2-13,16,22H,14-15H2,1H3,(H,28,29). The van der Waals surface area contributed by atoms with E-state index in [1.54, 1.807) is 0 Å². The average molecular weight is 382 g/mol. The molecule has 0 aromatic heterocycles. The highest BCUT2D eigenvalue weighted by atomic mass is 16.4. The highest BCUT2D eigenvalue weighted by Gasteiger charge is 2.20. The fourth-order valence-electron chi connectivity index (χ4n) is 4.01. The lowest BCUT2D eigenvalue weighted by Crippen LogP contribution is -2.19. The number of aliphatic carboxylic acids is 1. The highest BCUT2D eigenvalue weighted by molar-refractivity contribution is 6.12. The van der Waals surface area contributed by atoms with Crippen LogP contribution in [0.1, 0.15) is 18.9 Å². The van der Waals surface area contributed by atoms with Crippen molar-refractivity contribution in [1.29, 1.82) is 0 Å². The lowest BCUT2D eigenvalue weighted by atomic mass is 9.90. The monoisotopic (exact) mass is 382 g/mol. The molecule has 0 spiro atoms. The number of carboxylic acids is 1. The molecule has 0 bridgehead atoms. The third kappa shape index (κ3) is 3.90. The molecule has 29 heavy (non-hydrogen) atoms. The predicted octanol–water partition coefficient (Wildman–Crippen LogP) is 5.88. The van der Waals surface area contributed by atoms with E-state index in [0.717, 1.165) is 11.1 Å². The maximum Gasteiger partial charge on any atom is 0.307 e. The molecule has 4 aromatic carbocycles. The highest BCUT2D eigenvalue weighted by Crippen LogP contribution is 2.36. The number of hydrogen-bond donors (Lipinski definition) is 1. The summed E-state index contributed by atoms with van der Waals surface area (Å²) in [4.78, 5) is 22.8. The van der Waals surface area contributed by atoms with E-state index in [-0.39, 0.29) is 12.2 Å². The largest absolute Gasteiger partial charge is 0.481 e. The molecule has 0 saturated heterocycles. The number of ketones is 1. The molecule has 0 aliphatic heterocycles. The third-order valence-corrected chi connectivity index (χ3v) is 5.38. The van der Waals surface area contributed by atoms with Gasteiger partial charge in [0, 0.05) is 6.42 Å². The Kier molecular flexibility index (Phi) is 5.13. The number of hydrogen-bond acceptors (Lipinski definition) is 2. The second kappa shape index (κ2) is 7.88. The van der Waals surface area contributed by atoms with Crippen molar-refractivity contribution in [3.63, 3.8) is 0 Å². The molecular formula is C26H22O3.